The number of benzene rings is 1. The fourth-order valence-corrected chi connectivity index (χ4v) is 6.19. The van der Waals surface area contributed by atoms with Gasteiger partial charge in [-0.1, -0.05) is 37.1 Å². The average molecular weight is 772 g/mol. The van der Waals surface area contributed by atoms with Crippen LogP contribution in [0.1, 0.15) is 78.2 Å². The van der Waals surface area contributed by atoms with E-state index in [1.807, 2.05) is 32.9 Å². The number of aliphatic hydroxyl groups is 1. The second-order valence-electron chi connectivity index (χ2n) is 13.2. The normalized spacial score (nSPS) is 16.9. The average Bonchev–Trinajstić information content (AvgIpc) is 3.97. The second-order valence-corrected chi connectivity index (χ2v) is 14.0. The number of carbonyl (C=O) groups excluding carboxylic acids is 4. The number of epoxide rings is 1. The van der Waals surface area contributed by atoms with E-state index in [2.05, 4.69) is 24.0 Å². The lowest BCUT2D eigenvalue weighted by atomic mass is 9.94. The Morgan fingerprint density at radius 1 is 1.10 bits per heavy atom. The summed E-state index contributed by atoms with van der Waals surface area (Å²) in [5.41, 5.74) is 2.46. The highest BCUT2D eigenvalue weighted by molar-refractivity contribution is 7.80. The van der Waals surface area contributed by atoms with Crippen LogP contribution in [0.3, 0.4) is 0 Å². The Labute approximate surface area is 319 Å². The maximum Gasteiger partial charge on any atom is 0.409 e. The summed E-state index contributed by atoms with van der Waals surface area (Å²) in [6.45, 7) is 7.58. The lowest BCUT2D eigenvalue weighted by Crippen LogP contribution is -2.43. The number of allylic oxidation sites excluding steroid dienone is 2. The number of hydrogen-bond donors (Lipinski definition) is 3. The van der Waals surface area contributed by atoms with Crippen molar-refractivity contribution in [2.24, 2.45) is 5.92 Å². The zero-order valence-electron chi connectivity index (χ0n) is 31.8. The first-order valence-corrected chi connectivity index (χ1v) is 18.8. The van der Waals surface area contributed by atoms with Crippen LogP contribution < -0.4 is 15.0 Å². The predicted octanol–water partition coefficient (Wildman–Crippen LogP) is 5.33. The summed E-state index contributed by atoms with van der Waals surface area (Å²) in [5.74, 6) is -0.284. The first-order valence-electron chi connectivity index (χ1n) is 17.8. The number of methoxy groups -OCH3 is 2. The fraction of sp³-hybridized carbons (Fsp3) is 0.676. The Hall–Kier alpha value is -3.04. The largest absolute Gasteiger partial charge is 0.495 e. The van der Waals surface area contributed by atoms with Crippen molar-refractivity contribution >= 4 is 53.8 Å². The Morgan fingerprint density at radius 3 is 2.37 bits per heavy atom. The van der Waals surface area contributed by atoms with Crippen molar-refractivity contribution in [3.8, 4) is 5.75 Å². The highest BCUT2D eigenvalue weighted by atomic mass is 35.5. The minimum atomic E-state index is -0.808. The zero-order chi connectivity index (χ0) is 39.0. The van der Waals surface area contributed by atoms with Crippen molar-refractivity contribution in [1.29, 1.82) is 0 Å². The van der Waals surface area contributed by atoms with Crippen LogP contribution in [-0.2, 0) is 39.8 Å². The summed E-state index contributed by atoms with van der Waals surface area (Å²) < 4.78 is 27.9. The van der Waals surface area contributed by atoms with E-state index in [9.17, 15) is 19.2 Å². The molecule has 0 spiro atoms. The maximum atomic E-state index is 13.5. The number of ether oxygens (including phenoxy) is 5. The van der Waals surface area contributed by atoms with Crippen LogP contribution in [0, 0.1) is 5.92 Å². The number of alkyl carbamates (subject to hydrolysis) is 1. The molecule has 2 N–H and O–H groups in total. The molecule has 52 heavy (non-hydrogen) atoms. The molecule has 1 fully saturated rings. The lowest BCUT2D eigenvalue weighted by molar-refractivity contribution is -0.158. The third-order valence-electron chi connectivity index (χ3n) is 9.40. The van der Waals surface area contributed by atoms with Crippen LogP contribution in [0.4, 0.5) is 10.5 Å². The molecule has 0 aliphatic carbocycles. The van der Waals surface area contributed by atoms with Gasteiger partial charge in [0.25, 0.3) is 0 Å². The third kappa shape index (κ3) is 14.4. The van der Waals surface area contributed by atoms with Crippen LogP contribution in [0.25, 0.3) is 0 Å². The molecule has 294 valence electrons. The Balaban J connectivity index is 2.04. The van der Waals surface area contributed by atoms with Gasteiger partial charge >= 0.3 is 12.1 Å². The molecule has 1 aliphatic rings. The minimum absolute atomic E-state index is 0.0208. The number of nitrogens with zero attached hydrogens (tertiary/aromatic N) is 2. The molecule has 1 unspecified atom stereocenters. The summed E-state index contributed by atoms with van der Waals surface area (Å²) in [6.07, 6.45) is 4.34. The molecular weight excluding hydrogens is 714 g/mol. The number of rotatable bonds is 23. The van der Waals surface area contributed by atoms with Crippen molar-refractivity contribution < 1.29 is 48.0 Å². The van der Waals surface area contributed by atoms with E-state index in [4.69, 9.17) is 40.4 Å². The van der Waals surface area contributed by atoms with Crippen molar-refractivity contribution in [2.45, 2.75) is 110 Å². The fourth-order valence-electron chi connectivity index (χ4n) is 5.69. The zero-order valence-corrected chi connectivity index (χ0v) is 33.5. The number of hydrogen-bond acceptors (Lipinski definition) is 11. The Kier molecular flexibility index (Phi) is 19.9. The van der Waals surface area contributed by atoms with Gasteiger partial charge in [-0.3, -0.25) is 14.9 Å². The molecule has 1 aromatic rings. The molecular formula is C37H58ClN3O10S. The molecule has 13 nitrogen and oxygen atoms in total. The standard InChI is InChI=1S/C37H58ClN3O10S/c1-9-27(50-36(45)25(4)40(5)33(43)15-16-52)20-34(44)41(6)29-18-26(19-31(48-8)35(29)38)17-23(2)11-10-12-28(47-7)13-14-30(24(3)32-21-49-32)51-37(46)39-22-42/h11,18-19,24-25,27-28,30,32,42,52H,9-10,12-17,20-22H2,1-8H3,(H,39,46)/b23-11+/t24-,25?,27-,28-,30+,32-/m1/s1. The molecule has 1 aliphatic heterocycles. The van der Waals surface area contributed by atoms with Gasteiger partial charge in [0.2, 0.25) is 11.8 Å². The first kappa shape index (κ1) is 45.1. The topological polar surface area (TPSA) is 156 Å². The van der Waals surface area contributed by atoms with E-state index in [0.717, 1.165) is 24.0 Å². The molecule has 1 aromatic carbocycles. The number of anilines is 1. The molecule has 1 saturated heterocycles. The number of carbonyl (C=O) groups is 4. The van der Waals surface area contributed by atoms with Gasteiger partial charge in [0, 0.05) is 33.5 Å². The number of nitrogens with one attached hydrogen (secondary N) is 1. The highest BCUT2D eigenvalue weighted by Gasteiger charge is 2.37. The van der Waals surface area contributed by atoms with E-state index >= 15 is 0 Å². The van der Waals surface area contributed by atoms with Crippen molar-refractivity contribution in [2.75, 3.05) is 52.3 Å². The lowest BCUT2D eigenvalue weighted by Gasteiger charge is -2.27. The summed E-state index contributed by atoms with van der Waals surface area (Å²) in [6, 6.07) is 2.89. The SMILES string of the molecule is CC[C@H](CC(=O)N(C)c1cc(C/C(C)=C/CC[C@H](CC[C@H](OC(=O)NCO)[C@@H](C)[C@H]2CO2)OC)cc(OC)c1Cl)OC(=O)C(C)N(C)C(=O)CCS. The number of thiol groups is 1. The molecule has 0 aromatic heterocycles. The quantitative estimate of drug-likeness (QED) is 0.0437. The van der Waals surface area contributed by atoms with E-state index in [1.165, 1.54) is 16.9 Å². The van der Waals surface area contributed by atoms with Gasteiger partial charge in [-0.05, 0) is 75.8 Å². The predicted molar refractivity (Wildman–Crippen MR) is 203 cm³/mol. The van der Waals surface area contributed by atoms with Gasteiger partial charge in [-0.2, -0.15) is 12.6 Å². The molecule has 3 amide bonds. The summed E-state index contributed by atoms with van der Waals surface area (Å²) in [7, 11) is 6.35. The van der Waals surface area contributed by atoms with Crippen LogP contribution in [0.5, 0.6) is 5.75 Å². The monoisotopic (exact) mass is 771 g/mol. The molecule has 0 saturated carbocycles. The molecule has 2 rings (SSSR count). The number of likely N-dealkylation sites (N-methyl/N-ethyl adjacent to an activating group) is 1. The van der Waals surface area contributed by atoms with E-state index in [-0.39, 0.29) is 53.9 Å². The summed E-state index contributed by atoms with van der Waals surface area (Å²) in [5, 5.41) is 11.5. The smallest absolute Gasteiger partial charge is 0.409 e. The summed E-state index contributed by atoms with van der Waals surface area (Å²) in [4.78, 5) is 53.3. The highest BCUT2D eigenvalue weighted by Crippen LogP contribution is 2.37. The number of halogens is 1. The molecule has 1 heterocycles. The van der Waals surface area contributed by atoms with Gasteiger partial charge in [-0.25, -0.2) is 9.59 Å². The summed E-state index contributed by atoms with van der Waals surface area (Å²) >= 11 is 10.8. The maximum absolute atomic E-state index is 13.5. The van der Waals surface area contributed by atoms with Crippen LogP contribution >= 0.6 is 24.2 Å². The van der Waals surface area contributed by atoms with Crippen LogP contribution in [-0.4, -0.2) is 112 Å². The third-order valence-corrected chi connectivity index (χ3v) is 10.0. The van der Waals surface area contributed by atoms with Gasteiger partial charge < -0.3 is 38.6 Å². The number of esters is 1. The number of aliphatic hydroxyl groups excluding tert-OH is 1. The van der Waals surface area contributed by atoms with Crippen LogP contribution in [0.15, 0.2) is 23.8 Å². The first-order chi connectivity index (χ1) is 24.7. The van der Waals surface area contributed by atoms with Crippen molar-refractivity contribution in [1.82, 2.24) is 10.2 Å². The Bertz CT molecular complexity index is 1360. The van der Waals surface area contributed by atoms with Gasteiger partial charge in [0.05, 0.1) is 38.0 Å². The Morgan fingerprint density at radius 2 is 1.79 bits per heavy atom. The van der Waals surface area contributed by atoms with E-state index in [1.54, 1.807) is 28.1 Å². The van der Waals surface area contributed by atoms with E-state index < -0.39 is 30.9 Å². The second kappa shape index (κ2) is 22.9. The van der Waals surface area contributed by atoms with Crippen molar-refractivity contribution in [3.63, 3.8) is 0 Å². The van der Waals surface area contributed by atoms with Crippen molar-refractivity contribution in [3.05, 3.63) is 34.4 Å². The molecule has 0 radical (unpaired) electrons. The van der Waals surface area contributed by atoms with Gasteiger partial charge in [0.1, 0.15) is 35.8 Å². The molecule has 6 atom stereocenters. The van der Waals surface area contributed by atoms with Gasteiger partial charge in [0.15, 0.2) is 0 Å². The van der Waals surface area contributed by atoms with Crippen LogP contribution in [0.2, 0.25) is 5.02 Å². The number of amides is 3. The molecule has 15 heteroatoms. The van der Waals surface area contributed by atoms with E-state index in [0.29, 0.717) is 49.5 Å². The van der Waals surface area contributed by atoms with Gasteiger partial charge in [-0.15, -0.1) is 0 Å². The minimum Gasteiger partial charge on any atom is -0.495 e. The molecule has 0 bridgehead atoms.